The molecule has 1 unspecified atom stereocenters. The number of rotatable bonds is 2. The number of nitrogens with zero attached hydrogens (tertiary/aromatic N) is 2. The molecule has 2 amide bonds. The summed E-state index contributed by atoms with van der Waals surface area (Å²) in [5.41, 5.74) is 1.14. The zero-order chi connectivity index (χ0) is 18.3. The Morgan fingerprint density at radius 1 is 1.12 bits per heavy atom. The molecule has 0 spiro atoms. The maximum Gasteiger partial charge on any atom is 0.256 e. The molecule has 0 aromatic heterocycles. The number of hydrogen-bond acceptors (Lipinski definition) is 4. The molecule has 2 aromatic carbocycles. The lowest BCUT2D eigenvalue weighted by Crippen LogP contribution is -2.57. The van der Waals surface area contributed by atoms with Gasteiger partial charge in [0.1, 0.15) is 6.04 Å². The highest BCUT2D eigenvalue weighted by Gasteiger charge is 2.36. The monoisotopic (exact) mass is 372 g/mol. The van der Waals surface area contributed by atoms with Gasteiger partial charge in [0, 0.05) is 24.8 Å². The fourth-order valence-electron chi connectivity index (χ4n) is 3.25. The molecule has 1 saturated heterocycles. The van der Waals surface area contributed by atoms with E-state index in [9.17, 15) is 9.59 Å². The molecule has 4 rings (SSSR count). The van der Waals surface area contributed by atoms with Crippen LogP contribution in [0.3, 0.4) is 0 Å². The normalized spacial score (nSPS) is 19.0. The van der Waals surface area contributed by atoms with E-state index >= 15 is 0 Å². The number of ether oxygens (including phenoxy) is 2. The van der Waals surface area contributed by atoms with Gasteiger partial charge in [-0.15, -0.1) is 0 Å². The van der Waals surface area contributed by atoms with Gasteiger partial charge < -0.3 is 19.3 Å². The van der Waals surface area contributed by atoms with Crippen molar-refractivity contribution < 1.29 is 19.1 Å². The molecular formula is C19H17ClN2O4. The summed E-state index contributed by atoms with van der Waals surface area (Å²) in [6.07, 6.45) is 0. The Kier molecular flexibility index (Phi) is 4.20. The molecule has 26 heavy (non-hydrogen) atoms. The molecule has 1 atom stereocenters. The standard InChI is InChI=1S/C19H17ClN2O4/c1-12-18(23)22(13-6-7-16-17(10-13)26-11-25-16)9-8-21(12)19(24)14-4-2-3-5-15(14)20/h2-7,10,12H,8-9,11H2,1H3. The summed E-state index contributed by atoms with van der Waals surface area (Å²) in [5, 5.41) is 0.385. The molecule has 1 fully saturated rings. The molecule has 2 aromatic rings. The third-order valence-electron chi connectivity index (χ3n) is 4.69. The van der Waals surface area contributed by atoms with E-state index in [1.54, 1.807) is 53.1 Å². The molecule has 134 valence electrons. The van der Waals surface area contributed by atoms with E-state index in [1.165, 1.54) is 0 Å². The molecule has 0 radical (unpaired) electrons. The molecular weight excluding hydrogens is 356 g/mol. The second-order valence-electron chi connectivity index (χ2n) is 6.18. The van der Waals surface area contributed by atoms with Crippen LogP contribution in [0.1, 0.15) is 17.3 Å². The first-order valence-corrected chi connectivity index (χ1v) is 8.70. The number of hydrogen-bond donors (Lipinski definition) is 0. The Morgan fingerprint density at radius 2 is 1.88 bits per heavy atom. The average Bonchev–Trinajstić information content (AvgIpc) is 3.11. The van der Waals surface area contributed by atoms with Crippen LogP contribution < -0.4 is 14.4 Å². The highest BCUT2D eigenvalue weighted by Crippen LogP contribution is 2.36. The van der Waals surface area contributed by atoms with Gasteiger partial charge in [-0.1, -0.05) is 23.7 Å². The number of amides is 2. The van der Waals surface area contributed by atoms with E-state index in [4.69, 9.17) is 21.1 Å². The van der Waals surface area contributed by atoms with Gasteiger partial charge in [-0.2, -0.15) is 0 Å². The van der Waals surface area contributed by atoms with E-state index in [2.05, 4.69) is 0 Å². The zero-order valence-electron chi connectivity index (χ0n) is 14.1. The number of halogens is 1. The Morgan fingerprint density at radius 3 is 2.69 bits per heavy atom. The number of piperazine rings is 1. The van der Waals surface area contributed by atoms with Crippen LogP contribution in [0.15, 0.2) is 42.5 Å². The second-order valence-corrected chi connectivity index (χ2v) is 6.59. The van der Waals surface area contributed by atoms with Gasteiger partial charge in [0.2, 0.25) is 12.7 Å². The fourth-order valence-corrected chi connectivity index (χ4v) is 3.46. The van der Waals surface area contributed by atoms with Crippen molar-refractivity contribution in [1.29, 1.82) is 0 Å². The summed E-state index contributed by atoms with van der Waals surface area (Å²) < 4.78 is 10.7. The molecule has 2 aliphatic heterocycles. The summed E-state index contributed by atoms with van der Waals surface area (Å²) in [7, 11) is 0. The van der Waals surface area contributed by atoms with E-state index in [1.807, 2.05) is 6.07 Å². The molecule has 0 aliphatic carbocycles. The quantitative estimate of drug-likeness (QED) is 0.813. The summed E-state index contributed by atoms with van der Waals surface area (Å²) in [5.74, 6) is 0.914. The Hall–Kier alpha value is -2.73. The van der Waals surface area contributed by atoms with Crippen LogP contribution in [0.2, 0.25) is 5.02 Å². The van der Waals surface area contributed by atoms with Gasteiger partial charge in [0.15, 0.2) is 11.5 Å². The highest BCUT2D eigenvalue weighted by molar-refractivity contribution is 6.33. The largest absolute Gasteiger partial charge is 0.454 e. The highest BCUT2D eigenvalue weighted by atomic mass is 35.5. The number of benzene rings is 2. The van der Waals surface area contributed by atoms with Crippen LogP contribution in [0.4, 0.5) is 5.69 Å². The summed E-state index contributed by atoms with van der Waals surface area (Å²) in [4.78, 5) is 28.9. The van der Waals surface area contributed by atoms with Crippen molar-refractivity contribution in [2.24, 2.45) is 0 Å². The zero-order valence-corrected chi connectivity index (χ0v) is 14.9. The van der Waals surface area contributed by atoms with Crippen LogP contribution in [-0.4, -0.2) is 42.6 Å². The van der Waals surface area contributed by atoms with Crippen LogP contribution in [-0.2, 0) is 4.79 Å². The minimum atomic E-state index is -0.585. The maximum atomic E-state index is 12.9. The first-order valence-electron chi connectivity index (χ1n) is 8.33. The van der Waals surface area contributed by atoms with Crippen LogP contribution in [0, 0.1) is 0 Å². The smallest absolute Gasteiger partial charge is 0.256 e. The summed E-state index contributed by atoms with van der Waals surface area (Å²) >= 11 is 6.13. The van der Waals surface area contributed by atoms with E-state index in [0.29, 0.717) is 35.2 Å². The van der Waals surface area contributed by atoms with Gasteiger partial charge in [-0.05, 0) is 31.2 Å². The van der Waals surface area contributed by atoms with Crippen molar-refractivity contribution in [3.05, 3.63) is 53.1 Å². The number of carbonyl (C=O) groups is 2. The third kappa shape index (κ3) is 2.76. The molecule has 0 N–H and O–H groups in total. The number of anilines is 1. The SMILES string of the molecule is CC1C(=O)N(c2ccc3c(c2)OCO3)CCN1C(=O)c1ccccc1Cl. The van der Waals surface area contributed by atoms with Crippen LogP contribution >= 0.6 is 11.6 Å². The molecule has 6 nitrogen and oxygen atoms in total. The minimum absolute atomic E-state index is 0.143. The fraction of sp³-hybridized carbons (Fsp3) is 0.263. The second kappa shape index (κ2) is 6.53. The number of carbonyl (C=O) groups excluding carboxylic acids is 2. The molecule has 0 bridgehead atoms. The van der Waals surface area contributed by atoms with Crippen LogP contribution in [0.25, 0.3) is 0 Å². The minimum Gasteiger partial charge on any atom is -0.454 e. The Balaban J connectivity index is 1.56. The van der Waals surface area contributed by atoms with Gasteiger partial charge in [0.05, 0.1) is 10.6 Å². The van der Waals surface area contributed by atoms with Gasteiger partial charge in [0.25, 0.3) is 5.91 Å². The predicted molar refractivity (Wildman–Crippen MR) is 96.9 cm³/mol. The van der Waals surface area contributed by atoms with Crippen molar-refractivity contribution in [2.75, 3.05) is 24.8 Å². The van der Waals surface area contributed by atoms with Crippen molar-refractivity contribution in [3.8, 4) is 11.5 Å². The Bertz CT molecular complexity index is 886. The maximum absolute atomic E-state index is 12.9. The lowest BCUT2D eigenvalue weighted by Gasteiger charge is -2.39. The van der Waals surface area contributed by atoms with E-state index in [-0.39, 0.29) is 18.6 Å². The van der Waals surface area contributed by atoms with Crippen molar-refractivity contribution in [1.82, 2.24) is 4.90 Å². The third-order valence-corrected chi connectivity index (χ3v) is 5.02. The van der Waals surface area contributed by atoms with Crippen molar-refractivity contribution in [3.63, 3.8) is 0 Å². The topological polar surface area (TPSA) is 59.1 Å². The first kappa shape index (κ1) is 16.7. The summed E-state index contributed by atoms with van der Waals surface area (Å²) in [6.45, 7) is 2.74. The first-order chi connectivity index (χ1) is 12.6. The van der Waals surface area contributed by atoms with E-state index < -0.39 is 6.04 Å². The molecule has 2 aliphatic rings. The Labute approximate surface area is 155 Å². The predicted octanol–water partition coefficient (Wildman–Crippen LogP) is 2.95. The van der Waals surface area contributed by atoms with Gasteiger partial charge >= 0.3 is 0 Å². The van der Waals surface area contributed by atoms with E-state index in [0.717, 1.165) is 5.69 Å². The van der Waals surface area contributed by atoms with Gasteiger partial charge in [-0.25, -0.2) is 0 Å². The molecule has 7 heteroatoms. The number of fused-ring (bicyclic) bond motifs is 1. The van der Waals surface area contributed by atoms with Crippen molar-refractivity contribution in [2.45, 2.75) is 13.0 Å². The van der Waals surface area contributed by atoms with Gasteiger partial charge in [-0.3, -0.25) is 9.59 Å². The molecule has 0 saturated carbocycles. The van der Waals surface area contributed by atoms with Crippen LogP contribution in [0.5, 0.6) is 11.5 Å². The lowest BCUT2D eigenvalue weighted by molar-refractivity contribution is -0.124. The average molecular weight is 373 g/mol. The molecule has 2 heterocycles. The summed E-state index contributed by atoms with van der Waals surface area (Å²) in [6, 6.07) is 11.7. The lowest BCUT2D eigenvalue weighted by atomic mass is 10.1. The van der Waals surface area contributed by atoms with Crippen molar-refractivity contribution >= 4 is 29.1 Å².